The Morgan fingerprint density at radius 1 is 1.44 bits per heavy atom. The second kappa shape index (κ2) is 6.60. The second-order valence-corrected chi connectivity index (χ2v) is 3.91. The first-order valence-corrected chi connectivity index (χ1v) is 5.87. The second-order valence-electron chi connectivity index (χ2n) is 3.91. The van der Waals surface area contributed by atoms with Gasteiger partial charge in [0.1, 0.15) is 6.10 Å². The van der Waals surface area contributed by atoms with E-state index in [-0.39, 0.29) is 12.1 Å². The van der Waals surface area contributed by atoms with Crippen LogP contribution in [0, 0.1) is 0 Å². The molecule has 92 valence electrons. The standard InChI is InChI=1S/C11H21N3O2/c1-4-9(15-5-2)11-13-10(16-14-11)7-6-8(3)12/h8-9H,4-7,12H2,1-3H3. The normalized spacial score (nSPS) is 15.0. The average molecular weight is 227 g/mol. The maximum Gasteiger partial charge on any atom is 0.226 e. The molecule has 2 atom stereocenters. The Kier molecular flexibility index (Phi) is 5.42. The zero-order valence-corrected chi connectivity index (χ0v) is 10.3. The van der Waals surface area contributed by atoms with Crippen molar-refractivity contribution in [3.05, 3.63) is 11.7 Å². The molecule has 0 aromatic carbocycles. The molecule has 2 N–H and O–H groups in total. The summed E-state index contributed by atoms with van der Waals surface area (Å²) in [5, 5.41) is 3.93. The van der Waals surface area contributed by atoms with E-state index in [9.17, 15) is 0 Å². The summed E-state index contributed by atoms with van der Waals surface area (Å²) >= 11 is 0. The average Bonchev–Trinajstić information content (AvgIpc) is 2.71. The lowest BCUT2D eigenvalue weighted by Gasteiger charge is -2.09. The number of aromatic nitrogens is 2. The summed E-state index contributed by atoms with van der Waals surface area (Å²) in [6.45, 7) is 6.62. The lowest BCUT2D eigenvalue weighted by Crippen LogP contribution is -2.15. The minimum atomic E-state index is -0.0576. The molecule has 16 heavy (non-hydrogen) atoms. The highest BCUT2D eigenvalue weighted by Gasteiger charge is 2.16. The molecule has 0 saturated heterocycles. The maximum absolute atomic E-state index is 5.67. The zero-order chi connectivity index (χ0) is 12.0. The molecule has 1 heterocycles. The van der Waals surface area contributed by atoms with Crippen molar-refractivity contribution in [1.29, 1.82) is 0 Å². The third kappa shape index (κ3) is 3.90. The molecule has 1 aromatic rings. The summed E-state index contributed by atoms with van der Waals surface area (Å²) < 4.78 is 10.7. The smallest absolute Gasteiger partial charge is 0.226 e. The van der Waals surface area contributed by atoms with E-state index in [1.54, 1.807) is 0 Å². The predicted molar refractivity (Wildman–Crippen MR) is 60.9 cm³/mol. The highest BCUT2D eigenvalue weighted by atomic mass is 16.5. The van der Waals surface area contributed by atoms with Gasteiger partial charge in [-0.3, -0.25) is 0 Å². The lowest BCUT2D eigenvalue weighted by molar-refractivity contribution is 0.0518. The van der Waals surface area contributed by atoms with Crippen LogP contribution in [-0.4, -0.2) is 22.8 Å². The van der Waals surface area contributed by atoms with Gasteiger partial charge < -0.3 is 15.0 Å². The molecule has 0 saturated carbocycles. The molecule has 1 aromatic heterocycles. The van der Waals surface area contributed by atoms with Gasteiger partial charge >= 0.3 is 0 Å². The monoisotopic (exact) mass is 227 g/mol. The number of ether oxygens (including phenoxy) is 1. The molecule has 0 radical (unpaired) electrons. The van der Waals surface area contributed by atoms with Gasteiger partial charge in [0.2, 0.25) is 11.7 Å². The van der Waals surface area contributed by atoms with Gasteiger partial charge in [-0.25, -0.2) is 0 Å². The Hall–Kier alpha value is -0.940. The van der Waals surface area contributed by atoms with Crippen LogP contribution in [0.15, 0.2) is 4.52 Å². The van der Waals surface area contributed by atoms with Crippen LogP contribution in [-0.2, 0) is 11.2 Å². The first-order valence-electron chi connectivity index (χ1n) is 5.87. The van der Waals surface area contributed by atoms with E-state index in [0.29, 0.717) is 18.3 Å². The van der Waals surface area contributed by atoms with Crippen molar-refractivity contribution in [1.82, 2.24) is 10.1 Å². The molecular weight excluding hydrogens is 206 g/mol. The van der Waals surface area contributed by atoms with Crippen LogP contribution in [0.3, 0.4) is 0 Å². The fraction of sp³-hybridized carbons (Fsp3) is 0.818. The molecule has 0 amide bonds. The Balaban J connectivity index is 2.55. The first kappa shape index (κ1) is 13.1. The van der Waals surface area contributed by atoms with Crippen LogP contribution in [0.1, 0.15) is 51.4 Å². The van der Waals surface area contributed by atoms with E-state index < -0.39 is 0 Å². The molecule has 2 unspecified atom stereocenters. The SMILES string of the molecule is CCOC(CC)c1noc(CCC(C)N)n1. The van der Waals surface area contributed by atoms with Gasteiger partial charge in [-0.1, -0.05) is 12.1 Å². The molecule has 0 fully saturated rings. The van der Waals surface area contributed by atoms with E-state index in [2.05, 4.69) is 10.1 Å². The predicted octanol–water partition coefficient (Wildman–Crippen LogP) is 1.84. The molecule has 0 aliphatic carbocycles. The number of rotatable bonds is 7. The van der Waals surface area contributed by atoms with Crippen LogP contribution < -0.4 is 5.73 Å². The first-order chi connectivity index (χ1) is 7.67. The van der Waals surface area contributed by atoms with E-state index in [1.807, 2.05) is 20.8 Å². The number of hydrogen-bond donors (Lipinski definition) is 1. The molecule has 5 nitrogen and oxygen atoms in total. The molecule has 5 heteroatoms. The summed E-state index contributed by atoms with van der Waals surface area (Å²) in [4.78, 5) is 4.31. The third-order valence-electron chi connectivity index (χ3n) is 2.32. The van der Waals surface area contributed by atoms with Crippen molar-refractivity contribution >= 4 is 0 Å². The van der Waals surface area contributed by atoms with E-state index >= 15 is 0 Å². The van der Waals surface area contributed by atoms with Crippen LogP contribution in [0.25, 0.3) is 0 Å². The minimum Gasteiger partial charge on any atom is -0.370 e. The zero-order valence-electron chi connectivity index (χ0n) is 10.3. The summed E-state index contributed by atoms with van der Waals surface area (Å²) in [5.74, 6) is 1.29. The molecule has 0 spiro atoms. The van der Waals surface area contributed by atoms with Crippen molar-refractivity contribution in [2.75, 3.05) is 6.61 Å². The van der Waals surface area contributed by atoms with Gasteiger partial charge in [-0.05, 0) is 26.7 Å². The van der Waals surface area contributed by atoms with Crippen LogP contribution >= 0.6 is 0 Å². The molecule has 0 aliphatic heterocycles. The fourth-order valence-corrected chi connectivity index (χ4v) is 1.43. The van der Waals surface area contributed by atoms with Crippen LogP contribution in [0.2, 0.25) is 0 Å². The Bertz CT molecular complexity index is 299. The minimum absolute atomic E-state index is 0.0576. The molecule has 0 bridgehead atoms. The highest BCUT2D eigenvalue weighted by molar-refractivity contribution is 4.91. The topological polar surface area (TPSA) is 74.2 Å². The Morgan fingerprint density at radius 2 is 2.19 bits per heavy atom. The van der Waals surface area contributed by atoms with Crippen molar-refractivity contribution < 1.29 is 9.26 Å². The highest BCUT2D eigenvalue weighted by Crippen LogP contribution is 2.18. The van der Waals surface area contributed by atoms with Gasteiger partial charge in [0.15, 0.2) is 0 Å². The maximum atomic E-state index is 5.67. The third-order valence-corrected chi connectivity index (χ3v) is 2.32. The molecule has 0 aliphatic rings. The summed E-state index contributed by atoms with van der Waals surface area (Å²) in [5.41, 5.74) is 5.67. The Labute approximate surface area is 96.4 Å². The van der Waals surface area contributed by atoms with Crippen molar-refractivity contribution in [3.63, 3.8) is 0 Å². The summed E-state index contributed by atoms with van der Waals surface area (Å²) in [6, 6.07) is 0.157. The Morgan fingerprint density at radius 3 is 2.75 bits per heavy atom. The number of nitrogens with two attached hydrogens (primary N) is 1. The van der Waals surface area contributed by atoms with Crippen molar-refractivity contribution in [3.8, 4) is 0 Å². The van der Waals surface area contributed by atoms with Crippen molar-refractivity contribution in [2.24, 2.45) is 5.73 Å². The van der Waals surface area contributed by atoms with Gasteiger partial charge in [0.25, 0.3) is 0 Å². The quantitative estimate of drug-likeness (QED) is 0.769. The van der Waals surface area contributed by atoms with Crippen molar-refractivity contribution in [2.45, 2.75) is 52.2 Å². The van der Waals surface area contributed by atoms with E-state index in [4.69, 9.17) is 15.0 Å². The van der Waals surface area contributed by atoms with Crippen LogP contribution in [0.4, 0.5) is 0 Å². The van der Waals surface area contributed by atoms with Crippen LogP contribution in [0.5, 0.6) is 0 Å². The molecular formula is C11H21N3O2. The number of aryl methyl sites for hydroxylation is 1. The lowest BCUT2D eigenvalue weighted by atomic mass is 10.2. The fourth-order valence-electron chi connectivity index (χ4n) is 1.43. The summed E-state index contributed by atoms with van der Waals surface area (Å²) in [6.07, 6.45) is 2.37. The summed E-state index contributed by atoms with van der Waals surface area (Å²) in [7, 11) is 0. The van der Waals surface area contributed by atoms with E-state index in [1.165, 1.54) is 0 Å². The largest absolute Gasteiger partial charge is 0.370 e. The van der Waals surface area contributed by atoms with Gasteiger partial charge in [0.05, 0.1) is 0 Å². The number of nitrogens with zero attached hydrogens (tertiary/aromatic N) is 2. The van der Waals surface area contributed by atoms with E-state index in [0.717, 1.165) is 19.3 Å². The number of hydrogen-bond acceptors (Lipinski definition) is 5. The van der Waals surface area contributed by atoms with Gasteiger partial charge in [-0.2, -0.15) is 4.98 Å². The van der Waals surface area contributed by atoms with Gasteiger partial charge in [-0.15, -0.1) is 0 Å². The molecule has 1 rings (SSSR count). The van der Waals surface area contributed by atoms with Gasteiger partial charge in [0, 0.05) is 19.1 Å².